The molecule has 0 saturated heterocycles. The van der Waals surface area contributed by atoms with Crippen molar-refractivity contribution in [3.05, 3.63) is 120 Å². The maximum atomic E-state index is 15.0. The summed E-state index contributed by atoms with van der Waals surface area (Å²) < 4.78 is 36.2. The van der Waals surface area contributed by atoms with E-state index in [2.05, 4.69) is 32.8 Å². The molecule has 44 heavy (non-hydrogen) atoms. The zero-order valence-corrected chi connectivity index (χ0v) is 24.7. The van der Waals surface area contributed by atoms with Crippen molar-refractivity contribution >= 4 is 21.8 Å². The van der Waals surface area contributed by atoms with E-state index in [1.165, 1.54) is 12.1 Å². The van der Waals surface area contributed by atoms with Gasteiger partial charge in [0, 0.05) is 46.9 Å². The van der Waals surface area contributed by atoms with E-state index in [4.69, 9.17) is 14.2 Å². The second kappa shape index (κ2) is 10.9. The van der Waals surface area contributed by atoms with Crippen molar-refractivity contribution in [2.24, 2.45) is 0 Å². The molecule has 0 aliphatic heterocycles. The van der Waals surface area contributed by atoms with Gasteiger partial charge in [-0.1, -0.05) is 18.2 Å². The number of aromatic nitrogens is 4. The highest BCUT2D eigenvalue weighted by Crippen LogP contribution is 2.40. The monoisotopic (exact) mass is 584 g/mol. The van der Waals surface area contributed by atoms with Crippen LogP contribution in [0.25, 0.3) is 44.4 Å². The molecule has 0 fully saturated rings. The summed E-state index contributed by atoms with van der Waals surface area (Å²) in [4.78, 5) is 4.65. The Morgan fingerprint density at radius 2 is 1.50 bits per heavy atom. The molecule has 3 heterocycles. The molecular formula is C36H29FN4O3. The van der Waals surface area contributed by atoms with Crippen LogP contribution in [0.4, 0.5) is 4.39 Å². The summed E-state index contributed by atoms with van der Waals surface area (Å²) in [7, 11) is 3.24. The number of halogens is 1. The molecule has 7 rings (SSSR count). The summed E-state index contributed by atoms with van der Waals surface area (Å²) in [6, 6.07) is 26.6. The van der Waals surface area contributed by atoms with Gasteiger partial charge in [-0.3, -0.25) is 4.57 Å². The molecule has 0 atom stereocenters. The lowest BCUT2D eigenvalue weighted by Crippen LogP contribution is -1.98. The summed E-state index contributed by atoms with van der Waals surface area (Å²) in [5.74, 6) is 2.62. The van der Waals surface area contributed by atoms with E-state index in [0.29, 0.717) is 28.7 Å². The van der Waals surface area contributed by atoms with Crippen molar-refractivity contribution in [3.8, 4) is 45.6 Å². The molecule has 7 nitrogen and oxygen atoms in total. The first-order chi connectivity index (χ1) is 21.4. The Labute approximate surface area is 253 Å². The Morgan fingerprint density at radius 1 is 0.727 bits per heavy atom. The number of rotatable bonds is 7. The molecule has 0 unspecified atom stereocenters. The molecule has 0 N–H and O–H groups in total. The number of methoxy groups -OCH3 is 2. The molecule has 0 bridgehead atoms. The Morgan fingerprint density at radius 3 is 2.27 bits per heavy atom. The minimum Gasteiger partial charge on any atom is -0.496 e. The summed E-state index contributed by atoms with van der Waals surface area (Å²) in [5, 5.41) is 6.70. The molecular weight excluding hydrogens is 555 g/mol. The topological polar surface area (TPSA) is 63.3 Å². The van der Waals surface area contributed by atoms with Crippen LogP contribution < -0.4 is 14.2 Å². The molecule has 3 aromatic heterocycles. The average molecular weight is 585 g/mol. The number of hydrogen-bond acceptors (Lipinski definition) is 5. The highest BCUT2D eigenvalue weighted by atomic mass is 19.1. The number of fused-ring (bicyclic) bond motifs is 3. The number of hydrogen-bond donors (Lipinski definition) is 0. The van der Waals surface area contributed by atoms with E-state index >= 15 is 0 Å². The highest BCUT2D eigenvalue weighted by molar-refractivity contribution is 6.09. The molecule has 218 valence electrons. The molecule has 4 aromatic carbocycles. The predicted molar refractivity (Wildman–Crippen MR) is 170 cm³/mol. The third-order valence-electron chi connectivity index (χ3n) is 7.65. The lowest BCUT2D eigenvalue weighted by Gasteiger charge is -2.13. The molecule has 8 heteroatoms. The maximum absolute atomic E-state index is 15.0. The Hall–Kier alpha value is -5.63. The SMILES string of the molecule is COc1cc(C)cc(OC)c1-c1cnn(-c2cc(F)cc(Oc3ccc4c5ccccc5n(-c5cc(C)ccn5)c4c3)c2)c1. The minimum absolute atomic E-state index is 0.346. The van der Waals surface area contributed by atoms with Crippen LogP contribution in [0.5, 0.6) is 23.0 Å². The van der Waals surface area contributed by atoms with Gasteiger partial charge in [-0.05, 0) is 73.5 Å². The largest absolute Gasteiger partial charge is 0.496 e. The van der Waals surface area contributed by atoms with E-state index in [9.17, 15) is 4.39 Å². The number of ether oxygens (including phenoxy) is 3. The first-order valence-electron chi connectivity index (χ1n) is 14.1. The molecule has 7 aromatic rings. The van der Waals surface area contributed by atoms with Crippen molar-refractivity contribution < 1.29 is 18.6 Å². The first-order valence-corrected chi connectivity index (χ1v) is 14.1. The summed E-state index contributed by atoms with van der Waals surface area (Å²) >= 11 is 0. The second-order valence-electron chi connectivity index (χ2n) is 10.7. The van der Waals surface area contributed by atoms with Gasteiger partial charge in [0.25, 0.3) is 0 Å². The summed E-state index contributed by atoms with van der Waals surface area (Å²) in [6.07, 6.45) is 5.33. The Kier molecular flexibility index (Phi) is 6.74. The predicted octanol–water partition coefficient (Wildman–Crippen LogP) is 8.60. The molecule has 0 aliphatic rings. The minimum atomic E-state index is -0.445. The molecule has 0 spiro atoms. The zero-order valence-electron chi connectivity index (χ0n) is 24.7. The standard InChI is InChI=1S/C36H29FN4O3/c1-22-11-12-38-35(15-22)41-31-8-6-5-7-29(31)30-10-9-27(19-32(30)41)44-28-17-25(37)16-26(18-28)40-21-24(20-39-40)36-33(42-3)13-23(2)14-34(36)43-4/h5-21H,1-4H3. The summed E-state index contributed by atoms with van der Waals surface area (Å²) in [6.45, 7) is 4.02. The van der Waals surface area contributed by atoms with Crippen LogP contribution in [0.2, 0.25) is 0 Å². The Bertz CT molecular complexity index is 2160. The van der Waals surface area contributed by atoms with Crippen LogP contribution in [-0.4, -0.2) is 33.6 Å². The van der Waals surface area contributed by atoms with Crippen molar-refractivity contribution in [1.29, 1.82) is 0 Å². The third-order valence-corrected chi connectivity index (χ3v) is 7.65. The van der Waals surface area contributed by atoms with Crippen LogP contribution in [0.1, 0.15) is 11.1 Å². The number of benzene rings is 4. The van der Waals surface area contributed by atoms with Gasteiger partial charge in [-0.2, -0.15) is 5.10 Å². The zero-order chi connectivity index (χ0) is 30.4. The lowest BCUT2D eigenvalue weighted by atomic mass is 10.0. The fraction of sp³-hybridized carbons (Fsp3) is 0.111. The fourth-order valence-electron chi connectivity index (χ4n) is 5.70. The number of pyridine rings is 1. The molecule has 0 saturated carbocycles. The van der Waals surface area contributed by atoms with Gasteiger partial charge in [0.05, 0.1) is 42.7 Å². The van der Waals surface area contributed by atoms with Crippen molar-refractivity contribution in [3.63, 3.8) is 0 Å². The number of para-hydroxylation sites is 1. The normalized spacial score (nSPS) is 11.3. The van der Waals surface area contributed by atoms with Gasteiger partial charge in [0.1, 0.15) is 34.6 Å². The van der Waals surface area contributed by atoms with E-state index in [-0.39, 0.29) is 0 Å². The second-order valence-corrected chi connectivity index (χ2v) is 10.7. The smallest absolute Gasteiger partial charge is 0.137 e. The van der Waals surface area contributed by atoms with E-state index < -0.39 is 5.82 Å². The first kappa shape index (κ1) is 27.2. The molecule has 0 amide bonds. The van der Waals surface area contributed by atoms with Gasteiger partial charge in [-0.15, -0.1) is 0 Å². The van der Waals surface area contributed by atoms with Crippen LogP contribution in [-0.2, 0) is 0 Å². The number of aryl methyl sites for hydroxylation is 2. The highest BCUT2D eigenvalue weighted by Gasteiger charge is 2.18. The van der Waals surface area contributed by atoms with Gasteiger partial charge in [-0.25, -0.2) is 14.1 Å². The average Bonchev–Trinajstić information content (AvgIpc) is 3.63. The van der Waals surface area contributed by atoms with E-state index in [1.807, 2.05) is 74.8 Å². The number of nitrogens with zero attached hydrogens (tertiary/aromatic N) is 4. The lowest BCUT2D eigenvalue weighted by molar-refractivity contribution is 0.397. The van der Waals surface area contributed by atoms with Gasteiger partial charge in [0.15, 0.2) is 0 Å². The summed E-state index contributed by atoms with van der Waals surface area (Å²) in [5.41, 5.74) is 6.16. The van der Waals surface area contributed by atoms with Crippen LogP contribution in [0, 0.1) is 19.7 Å². The van der Waals surface area contributed by atoms with E-state index in [0.717, 1.165) is 49.9 Å². The van der Waals surface area contributed by atoms with Crippen molar-refractivity contribution in [1.82, 2.24) is 19.3 Å². The fourth-order valence-corrected chi connectivity index (χ4v) is 5.70. The van der Waals surface area contributed by atoms with Crippen LogP contribution >= 0.6 is 0 Å². The Balaban J connectivity index is 1.27. The maximum Gasteiger partial charge on any atom is 0.137 e. The van der Waals surface area contributed by atoms with Crippen LogP contribution in [0.3, 0.4) is 0 Å². The third kappa shape index (κ3) is 4.80. The molecule has 0 aliphatic carbocycles. The van der Waals surface area contributed by atoms with Crippen molar-refractivity contribution in [2.45, 2.75) is 13.8 Å². The van der Waals surface area contributed by atoms with E-state index in [1.54, 1.807) is 31.2 Å². The van der Waals surface area contributed by atoms with Gasteiger partial charge in [0.2, 0.25) is 0 Å². The van der Waals surface area contributed by atoms with Gasteiger partial charge >= 0.3 is 0 Å². The van der Waals surface area contributed by atoms with Crippen molar-refractivity contribution in [2.75, 3.05) is 14.2 Å². The van der Waals surface area contributed by atoms with Crippen LogP contribution in [0.15, 0.2) is 104 Å². The molecule has 0 radical (unpaired) electrons. The quantitative estimate of drug-likeness (QED) is 0.188. The van der Waals surface area contributed by atoms with Gasteiger partial charge < -0.3 is 14.2 Å².